The molecule has 0 aliphatic carbocycles. The van der Waals surface area contributed by atoms with Crippen LogP contribution in [0, 0.1) is 0 Å². The van der Waals surface area contributed by atoms with Crippen LogP contribution in [0.2, 0.25) is 36.3 Å². The second-order valence-corrected chi connectivity index (χ2v) is 19.1. The van der Waals surface area contributed by atoms with Gasteiger partial charge in [-0.25, -0.2) is 0 Å². The van der Waals surface area contributed by atoms with Gasteiger partial charge >= 0.3 is 0 Å². The van der Waals surface area contributed by atoms with Crippen LogP contribution in [0.15, 0.2) is 55.1 Å². The third-order valence-electron chi connectivity index (χ3n) is 7.88. The maximum absolute atomic E-state index is 4.09. The fraction of sp³-hybridized carbons (Fsp3) is 0.429. The number of hydrogen-bond acceptors (Lipinski definition) is 0. The summed E-state index contributed by atoms with van der Waals surface area (Å²) in [6.07, 6.45) is 4.57. The molecule has 0 saturated heterocycles. The van der Waals surface area contributed by atoms with Crippen LogP contribution in [0.25, 0.3) is 17.3 Å². The molecule has 0 N–H and O–H groups in total. The zero-order valence-corrected chi connectivity index (χ0v) is 22.2. The Kier molecular flexibility index (Phi) is 9.12. The Bertz CT molecular complexity index is 824. The van der Waals surface area contributed by atoms with Crippen LogP contribution in [0.3, 0.4) is 0 Å². The van der Waals surface area contributed by atoms with Crippen molar-refractivity contribution in [1.29, 1.82) is 0 Å². The molecular formula is C28H42Si2. The maximum atomic E-state index is 4.09. The van der Waals surface area contributed by atoms with Crippen molar-refractivity contribution in [2.75, 3.05) is 0 Å². The summed E-state index contributed by atoms with van der Waals surface area (Å²) in [6, 6.07) is 26.1. The molecule has 0 heterocycles. The molecule has 2 aromatic rings. The van der Waals surface area contributed by atoms with E-state index < -0.39 is 16.1 Å². The molecule has 0 aromatic heterocycles. The lowest BCUT2D eigenvalue weighted by Gasteiger charge is -2.37. The van der Waals surface area contributed by atoms with Crippen LogP contribution in [0.5, 0.6) is 0 Å². The van der Waals surface area contributed by atoms with Gasteiger partial charge in [0.05, 0.1) is 16.1 Å². The fourth-order valence-corrected chi connectivity index (χ4v) is 13.1. The van der Waals surface area contributed by atoms with Crippen molar-refractivity contribution < 1.29 is 0 Å². The van der Waals surface area contributed by atoms with Crippen LogP contribution in [-0.2, 0) is 0 Å². The lowest BCUT2D eigenvalue weighted by Crippen LogP contribution is -2.49. The molecule has 0 bridgehead atoms. The summed E-state index contributed by atoms with van der Waals surface area (Å²) in [5.41, 5.74) is 4.15. The Morgan fingerprint density at radius 3 is 1.77 bits per heavy atom. The standard InChI is InChI=1S/C28H42Si2/c1-8-24-20-21-27(29(9-2,10-3)11-4)26(22-24)28(30(12-5,13-6)14-7)23-25-18-16-15-17-19-25/h8,15-23H,1,9-14H2,2-7H3. The number of hydrogen-bond donors (Lipinski definition) is 0. The van der Waals surface area contributed by atoms with Crippen LogP contribution < -0.4 is 5.19 Å². The lowest BCUT2D eigenvalue weighted by atomic mass is 10.1. The van der Waals surface area contributed by atoms with Gasteiger partial charge in [0.25, 0.3) is 0 Å². The molecule has 162 valence electrons. The van der Waals surface area contributed by atoms with E-state index in [4.69, 9.17) is 0 Å². The Morgan fingerprint density at radius 1 is 0.733 bits per heavy atom. The number of benzene rings is 2. The van der Waals surface area contributed by atoms with E-state index in [1.54, 1.807) is 15.9 Å². The monoisotopic (exact) mass is 434 g/mol. The predicted octanol–water partition coefficient (Wildman–Crippen LogP) is 8.63. The quantitative estimate of drug-likeness (QED) is 0.245. The van der Waals surface area contributed by atoms with Gasteiger partial charge in [-0.1, -0.05) is 149 Å². The van der Waals surface area contributed by atoms with Gasteiger partial charge in [0, 0.05) is 0 Å². The minimum Gasteiger partial charge on any atom is -0.0985 e. The first-order valence-electron chi connectivity index (χ1n) is 12.0. The van der Waals surface area contributed by atoms with E-state index in [1.165, 1.54) is 47.4 Å². The van der Waals surface area contributed by atoms with E-state index in [9.17, 15) is 0 Å². The van der Waals surface area contributed by atoms with Gasteiger partial charge in [-0.05, 0) is 22.8 Å². The van der Waals surface area contributed by atoms with Crippen molar-refractivity contribution in [1.82, 2.24) is 0 Å². The average molecular weight is 435 g/mol. The van der Waals surface area contributed by atoms with Gasteiger partial charge in [-0.2, -0.15) is 0 Å². The molecule has 2 rings (SSSR count). The highest BCUT2D eigenvalue weighted by Gasteiger charge is 2.37. The van der Waals surface area contributed by atoms with Gasteiger partial charge in [-0.15, -0.1) is 0 Å². The Labute approximate surface area is 188 Å². The van der Waals surface area contributed by atoms with Crippen LogP contribution in [-0.4, -0.2) is 16.1 Å². The van der Waals surface area contributed by atoms with Gasteiger partial charge < -0.3 is 0 Å². The van der Waals surface area contributed by atoms with E-state index in [0.29, 0.717) is 0 Å². The molecule has 0 nitrogen and oxygen atoms in total. The minimum absolute atomic E-state index is 1.25. The molecule has 0 fully saturated rings. The molecule has 2 aromatic carbocycles. The molecule has 0 aliphatic rings. The highest BCUT2D eigenvalue weighted by atomic mass is 28.3. The molecule has 0 spiro atoms. The smallest absolute Gasteiger partial charge is 0.0867 e. The summed E-state index contributed by atoms with van der Waals surface area (Å²) in [5, 5.41) is 3.36. The molecule has 0 atom stereocenters. The summed E-state index contributed by atoms with van der Waals surface area (Å²) in [4.78, 5) is 0. The molecule has 0 saturated carbocycles. The number of rotatable bonds is 11. The highest BCUT2D eigenvalue weighted by Crippen LogP contribution is 2.38. The van der Waals surface area contributed by atoms with Crippen molar-refractivity contribution >= 4 is 38.7 Å². The van der Waals surface area contributed by atoms with Crippen LogP contribution >= 0.6 is 0 Å². The molecule has 2 heteroatoms. The van der Waals surface area contributed by atoms with E-state index in [2.05, 4.69) is 103 Å². The normalized spacial score (nSPS) is 12.8. The summed E-state index contributed by atoms with van der Waals surface area (Å²) >= 11 is 0. The van der Waals surface area contributed by atoms with Gasteiger partial charge in [0.1, 0.15) is 0 Å². The molecule has 0 amide bonds. The van der Waals surface area contributed by atoms with E-state index in [0.717, 1.165) is 0 Å². The third-order valence-corrected chi connectivity index (χ3v) is 19.1. The predicted molar refractivity (Wildman–Crippen MR) is 145 cm³/mol. The van der Waals surface area contributed by atoms with Crippen LogP contribution in [0.1, 0.15) is 58.2 Å². The molecule has 30 heavy (non-hydrogen) atoms. The largest absolute Gasteiger partial charge is 0.0985 e. The van der Waals surface area contributed by atoms with Gasteiger partial charge in [0.15, 0.2) is 0 Å². The summed E-state index contributed by atoms with van der Waals surface area (Å²) in [5.74, 6) is 0. The molecular weight excluding hydrogens is 392 g/mol. The summed E-state index contributed by atoms with van der Waals surface area (Å²) in [7, 11) is -3.13. The van der Waals surface area contributed by atoms with Gasteiger partial charge in [-0.3, -0.25) is 0 Å². The van der Waals surface area contributed by atoms with E-state index in [1.807, 2.05) is 6.08 Å². The second kappa shape index (κ2) is 11.1. The SMILES string of the molecule is C=Cc1ccc([Si](CC)(CC)CC)c(C(=Cc2ccccc2)[Si](CC)(CC)CC)c1. The van der Waals surface area contributed by atoms with Crippen molar-refractivity contribution in [3.63, 3.8) is 0 Å². The zero-order valence-electron chi connectivity index (χ0n) is 20.2. The van der Waals surface area contributed by atoms with Crippen molar-refractivity contribution in [3.05, 3.63) is 71.8 Å². The van der Waals surface area contributed by atoms with E-state index >= 15 is 0 Å². The van der Waals surface area contributed by atoms with Crippen molar-refractivity contribution in [3.8, 4) is 0 Å². The highest BCUT2D eigenvalue weighted by molar-refractivity contribution is 6.99. The first kappa shape index (κ1) is 24.6. The third kappa shape index (κ3) is 4.81. The maximum Gasteiger partial charge on any atom is 0.0867 e. The summed E-state index contributed by atoms with van der Waals surface area (Å²) in [6.45, 7) is 18.7. The Hall–Kier alpha value is -1.65. The summed E-state index contributed by atoms with van der Waals surface area (Å²) < 4.78 is 0. The van der Waals surface area contributed by atoms with E-state index in [-0.39, 0.29) is 0 Å². The Morgan fingerprint density at radius 2 is 1.30 bits per heavy atom. The average Bonchev–Trinajstić information content (AvgIpc) is 2.82. The van der Waals surface area contributed by atoms with Crippen molar-refractivity contribution in [2.45, 2.75) is 77.8 Å². The van der Waals surface area contributed by atoms with Crippen LogP contribution in [0.4, 0.5) is 0 Å². The first-order chi connectivity index (χ1) is 14.5. The lowest BCUT2D eigenvalue weighted by molar-refractivity contribution is 1.19. The fourth-order valence-electron chi connectivity index (χ4n) is 5.25. The zero-order chi connectivity index (χ0) is 22.2. The second-order valence-electron chi connectivity index (χ2n) is 8.66. The van der Waals surface area contributed by atoms with Crippen molar-refractivity contribution in [2.24, 2.45) is 0 Å². The molecule has 0 radical (unpaired) electrons. The van der Waals surface area contributed by atoms with Gasteiger partial charge in [0.2, 0.25) is 0 Å². The molecule has 0 aliphatic heterocycles. The topological polar surface area (TPSA) is 0 Å². The Balaban J connectivity index is 2.93. The molecule has 0 unspecified atom stereocenters. The first-order valence-corrected chi connectivity index (χ1v) is 17.3. The minimum atomic E-state index is -1.61.